The van der Waals surface area contributed by atoms with E-state index in [1.54, 1.807) is 0 Å². The maximum atomic E-state index is 10.2. The van der Waals surface area contributed by atoms with E-state index in [2.05, 4.69) is 25.7 Å². The quantitative estimate of drug-likeness (QED) is 0.468. The number of rotatable bonds is 9. The van der Waals surface area contributed by atoms with E-state index in [9.17, 15) is 4.79 Å². The molecule has 5 N–H and O–H groups in total. The number of aliphatic hydroxyl groups excluding tert-OH is 2. The number of thioether (sulfide) groups is 1. The van der Waals surface area contributed by atoms with Gasteiger partial charge < -0.3 is 26.0 Å². The fraction of sp³-hybridized carbons (Fsp3) is 0.917. The highest BCUT2D eigenvalue weighted by Crippen LogP contribution is 2.04. The second kappa shape index (κ2) is 14.1. The van der Waals surface area contributed by atoms with Crippen LogP contribution >= 0.6 is 11.8 Å². The van der Waals surface area contributed by atoms with Crippen molar-refractivity contribution in [2.75, 3.05) is 37.7 Å². The largest absolute Gasteiger partial charge is 0.480 e. The molecule has 0 aliphatic rings. The Kier molecular flexibility index (Phi) is 15.5. The van der Waals surface area contributed by atoms with E-state index in [1.165, 1.54) is 31.4 Å². The third kappa shape index (κ3) is 13.9. The summed E-state index contributed by atoms with van der Waals surface area (Å²) in [5, 5.41) is 25.6. The molecule has 0 saturated carbocycles. The molecule has 0 aromatic rings. The first-order valence-corrected chi connectivity index (χ1v) is 7.65. The molecule has 0 saturated heterocycles. The molecular formula is C12H28N2O4S. The third-order valence-electron chi connectivity index (χ3n) is 2.48. The Bertz CT molecular complexity index is 210. The van der Waals surface area contributed by atoms with Crippen molar-refractivity contribution in [3.63, 3.8) is 0 Å². The highest BCUT2D eigenvalue weighted by Gasteiger charge is 2.11. The summed E-state index contributed by atoms with van der Waals surface area (Å²) >= 11 is 1.21. The first-order valence-electron chi connectivity index (χ1n) is 6.50. The summed E-state index contributed by atoms with van der Waals surface area (Å²) in [5.41, 5.74) is 5.18. The van der Waals surface area contributed by atoms with Gasteiger partial charge in [-0.3, -0.25) is 4.79 Å². The van der Waals surface area contributed by atoms with Gasteiger partial charge >= 0.3 is 5.97 Å². The van der Waals surface area contributed by atoms with Crippen LogP contribution < -0.4 is 5.73 Å². The summed E-state index contributed by atoms with van der Waals surface area (Å²) in [5.74, 6) is -0.509. The molecule has 0 aromatic heterocycles. The second-order valence-electron chi connectivity index (χ2n) is 3.94. The van der Waals surface area contributed by atoms with Crippen LogP contribution in [0.1, 0.15) is 20.8 Å². The van der Waals surface area contributed by atoms with Gasteiger partial charge in [0.25, 0.3) is 0 Å². The Morgan fingerprint density at radius 1 is 1.21 bits per heavy atom. The molecule has 0 spiro atoms. The van der Waals surface area contributed by atoms with Gasteiger partial charge in [0.2, 0.25) is 0 Å². The Morgan fingerprint density at radius 2 is 1.68 bits per heavy atom. The predicted molar refractivity (Wildman–Crippen MR) is 79.5 cm³/mol. The van der Waals surface area contributed by atoms with Crippen LogP contribution in [0.15, 0.2) is 0 Å². The Balaban J connectivity index is 0. The molecule has 116 valence electrons. The summed E-state index contributed by atoms with van der Waals surface area (Å²) in [6.45, 7) is 9.81. The molecule has 0 amide bonds. The van der Waals surface area contributed by atoms with Crippen molar-refractivity contribution in [3.8, 4) is 0 Å². The topological polar surface area (TPSA) is 107 Å². The molecule has 0 aliphatic heterocycles. The average Bonchev–Trinajstić information content (AvgIpc) is 2.41. The SMILES string of the molecule is CCN(CC)CC.NC(CSCC(O)CO)C(=O)O. The molecule has 2 unspecified atom stereocenters. The summed E-state index contributed by atoms with van der Waals surface area (Å²) in [7, 11) is 0. The minimum absolute atomic E-state index is 0.242. The minimum Gasteiger partial charge on any atom is -0.480 e. The number of nitrogens with zero attached hydrogens (tertiary/aromatic N) is 1. The number of carboxylic acid groups (broad SMARTS) is 1. The van der Waals surface area contributed by atoms with Gasteiger partial charge in [0.05, 0.1) is 12.7 Å². The molecule has 0 aliphatic carbocycles. The first kappa shape index (κ1) is 21.0. The molecule has 0 fully saturated rings. The van der Waals surface area contributed by atoms with Crippen LogP contribution in [0.3, 0.4) is 0 Å². The van der Waals surface area contributed by atoms with Gasteiger partial charge in [0.15, 0.2) is 0 Å². The van der Waals surface area contributed by atoms with Crippen molar-refractivity contribution in [1.82, 2.24) is 4.90 Å². The molecule has 0 bridgehead atoms. The van der Waals surface area contributed by atoms with Crippen LogP contribution in [0.4, 0.5) is 0 Å². The van der Waals surface area contributed by atoms with Crippen molar-refractivity contribution in [2.45, 2.75) is 32.9 Å². The fourth-order valence-electron chi connectivity index (χ4n) is 1.13. The van der Waals surface area contributed by atoms with Crippen LogP contribution in [-0.4, -0.2) is 76.1 Å². The number of nitrogens with two attached hydrogens (primary N) is 1. The molecule has 6 nitrogen and oxygen atoms in total. The minimum atomic E-state index is -1.05. The second-order valence-corrected chi connectivity index (χ2v) is 5.01. The molecule has 0 aromatic carbocycles. The molecule has 7 heteroatoms. The normalized spacial score (nSPS) is 13.6. The lowest BCUT2D eigenvalue weighted by molar-refractivity contribution is -0.137. The number of hydrogen-bond acceptors (Lipinski definition) is 6. The first-order chi connectivity index (χ1) is 8.92. The Hall–Kier alpha value is -0.340. The van der Waals surface area contributed by atoms with E-state index in [1.807, 2.05) is 0 Å². The zero-order valence-electron chi connectivity index (χ0n) is 12.1. The molecule has 0 heterocycles. The van der Waals surface area contributed by atoms with Gasteiger partial charge in [0.1, 0.15) is 6.04 Å². The van der Waals surface area contributed by atoms with E-state index in [-0.39, 0.29) is 12.4 Å². The molecule has 19 heavy (non-hydrogen) atoms. The smallest absolute Gasteiger partial charge is 0.321 e. The maximum Gasteiger partial charge on any atom is 0.321 e. The van der Waals surface area contributed by atoms with Crippen molar-refractivity contribution in [1.29, 1.82) is 0 Å². The van der Waals surface area contributed by atoms with Gasteiger partial charge in [0, 0.05) is 11.5 Å². The van der Waals surface area contributed by atoms with Crippen LogP contribution in [0.5, 0.6) is 0 Å². The molecule has 2 atom stereocenters. The van der Waals surface area contributed by atoms with Crippen molar-refractivity contribution in [2.24, 2.45) is 5.73 Å². The summed E-state index contributed by atoms with van der Waals surface area (Å²) in [6.07, 6.45) is -0.795. The number of hydrogen-bond donors (Lipinski definition) is 4. The third-order valence-corrected chi connectivity index (χ3v) is 3.69. The monoisotopic (exact) mass is 296 g/mol. The molecule has 0 radical (unpaired) electrons. The summed E-state index contributed by atoms with van der Waals surface area (Å²) in [6, 6.07) is -0.902. The maximum absolute atomic E-state index is 10.2. The number of carbonyl (C=O) groups is 1. The highest BCUT2D eigenvalue weighted by atomic mass is 32.2. The lowest BCUT2D eigenvalue weighted by Crippen LogP contribution is -2.33. The van der Waals surface area contributed by atoms with E-state index in [0.717, 1.165) is 0 Å². The number of aliphatic carboxylic acids is 1. The predicted octanol–water partition coefficient (Wildman–Crippen LogP) is -0.167. The van der Waals surface area contributed by atoms with Crippen LogP contribution in [0, 0.1) is 0 Å². The van der Waals surface area contributed by atoms with Gasteiger partial charge in [-0.15, -0.1) is 0 Å². The van der Waals surface area contributed by atoms with Crippen LogP contribution in [0.2, 0.25) is 0 Å². The van der Waals surface area contributed by atoms with Gasteiger partial charge in [-0.25, -0.2) is 0 Å². The summed E-state index contributed by atoms with van der Waals surface area (Å²) < 4.78 is 0. The van der Waals surface area contributed by atoms with Gasteiger partial charge in [-0.05, 0) is 19.6 Å². The van der Waals surface area contributed by atoms with Crippen LogP contribution in [-0.2, 0) is 4.79 Å². The van der Waals surface area contributed by atoms with Crippen molar-refractivity contribution >= 4 is 17.7 Å². The molecule has 0 rings (SSSR count). The standard InChI is InChI=1S/C6H13NO4S.C6H15N/c7-5(6(10)11)3-12-2-4(9)1-8;1-4-7(5-2)6-3/h4-5,8-9H,1-3,7H2,(H,10,11);4-6H2,1-3H3. The number of carboxylic acids is 1. The number of aliphatic hydroxyl groups is 2. The van der Waals surface area contributed by atoms with Crippen molar-refractivity contribution in [3.05, 3.63) is 0 Å². The van der Waals surface area contributed by atoms with E-state index in [0.29, 0.717) is 5.75 Å². The Morgan fingerprint density at radius 3 is 1.95 bits per heavy atom. The molecular weight excluding hydrogens is 268 g/mol. The average molecular weight is 296 g/mol. The lowest BCUT2D eigenvalue weighted by atomic mass is 10.4. The van der Waals surface area contributed by atoms with E-state index >= 15 is 0 Å². The van der Waals surface area contributed by atoms with Crippen molar-refractivity contribution < 1.29 is 20.1 Å². The highest BCUT2D eigenvalue weighted by molar-refractivity contribution is 7.99. The summed E-state index contributed by atoms with van der Waals surface area (Å²) in [4.78, 5) is 12.6. The Labute approximate surface area is 120 Å². The zero-order valence-corrected chi connectivity index (χ0v) is 12.9. The van der Waals surface area contributed by atoms with Gasteiger partial charge in [-0.2, -0.15) is 11.8 Å². The fourth-order valence-corrected chi connectivity index (χ4v) is 2.04. The zero-order chi connectivity index (χ0) is 15.3. The van der Waals surface area contributed by atoms with Gasteiger partial charge in [-0.1, -0.05) is 20.8 Å². The van der Waals surface area contributed by atoms with E-state index < -0.39 is 18.1 Å². The lowest BCUT2D eigenvalue weighted by Gasteiger charge is -2.13. The van der Waals surface area contributed by atoms with E-state index in [4.69, 9.17) is 21.1 Å². The van der Waals surface area contributed by atoms with Crippen LogP contribution in [0.25, 0.3) is 0 Å².